The van der Waals surface area contributed by atoms with Gasteiger partial charge in [-0.2, -0.15) is 45.7 Å². The summed E-state index contributed by atoms with van der Waals surface area (Å²) in [6, 6.07) is 3.35. The van der Waals surface area contributed by atoms with Gasteiger partial charge in [-0.25, -0.2) is 0 Å². The molecule has 0 aromatic heterocycles. The molecular weight excluding hydrogens is 1020 g/mol. The second kappa shape index (κ2) is 32.1. The Labute approximate surface area is 503 Å². The van der Waals surface area contributed by atoms with Crippen LogP contribution in [-0.2, 0) is 65.4 Å². The predicted octanol–water partition coefficient (Wildman–Crippen LogP) is 21.1. The molecule has 0 saturated heterocycles. The molecule has 408 valence electrons. The van der Waals surface area contributed by atoms with E-state index >= 15 is 0 Å². The van der Waals surface area contributed by atoms with E-state index in [1.807, 2.05) is 0 Å². The molecule has 0 N–H and O–H groups in total. The van der Waals surface area contributed by atoms with Gasteiger partial charge < -0.3 is 6.42 Å². The summed E-state index contributed by atoms with van der Waals surface area (Å²) in [5.41, 5.74) is 24.2. The van der Waals surface area contributed by atoms with Gasteiger partial charge in [-0.15, -0.1) is 0 Å². The summed E-state index contributed by atoms with van der Waals surface area (Å²) in [4.78, 5) is 0. The van der Waals surface area contributed by atoms with E-state index in [2.05, 4.69) is 248 Å². The Morgan fingerprint density at radius 3 is 0.444 bits per heavy atom. The summed E-state index contributed by atoms with van der Waals surface area (Å²) in [7, 11) is 0. The Morgan fingerprint density at radius 2 is 0.306 bits per heavy atom. The summed E-state index contributed by atoms with van der Waals surface area (Å²) in [6.07, 6.45) is 2.52. The molecule has 4 atom stereocenters. The van der Waals surface area contributed by atoms with Gasteiger partial charge in [-0.3, -0.25) is 0 Å². The van der Waals surface area contributed by atoms with Gasteiger partial charge >= 0.3 is 0 Å². The van der Waals surface area contributed by atoms with Crippen molar-refractivity contribution in [2.24, 2.45) is 101 Å². The van der Waals surface area contributed by atoms with Gasteiger partial charge in [-0.05, 0) is 227 Å². The molecule has 0 aliphatic heterocycles. The fourth-order valence-corrected chi connectivity index (χ4v) is 12.7. The molecule has 4 unspecified atom stereocenters. The number of hydrogen-bond acceptors (Lipinski definition) is 0. The molecule has 2 radical (unpaired) electrons. The number of hydrogen-bond donors (Lipinski definition) is 0. The third-order valence-corrected chi connectivity index (χ3v) is 23.3. The Morgan fingerprint density at radius 1 is 0.194 bits per heavy atom. The molecule has 3 fully saturated rings. The number of aryl methyl sites for hydroxylation is 2. The SMILES string of the molecule is CC1C(C)C(C)C(C)C(C)C1C.CC1C(C)C(C)C(C)C(C)C1C.CC1[CH-]C(C)C(C)C(C)C1C.Cc1[c-]c(C)c(C)c(C)c1C.Cc1c(C)c(C)c(C)c(C)c1C.Cc1c(C)c(C)c(C)c(C)c1C.[Y].[Y]. The zero-order chi connectivity index (χ0) is 55.0. The monoisotopic (exact) mass is 1140 g/mol. The van der Waals surface area contributed by atoms with Gasteiger partial charge in [0.15, 0.2) is 0 Å². The maximum atomic E-state index is 3.35. The van der Waals surface area contributed by atoms with Crippen molar-refractivity contribution in [3.05, 3.63) is 107 Å². The number of benzene rings is 3. The first-order chi connectivity index (χ1) is 31.9. The Balaban J connectivity index is 0. The van der Waals surface area contributed by atoms with Crippen molar-refractivity contribution in [2.45, 2.75) is 235 Å². The largest absolute Gasteiger partial charge is 0.322 e. The second-order valence-electron chi connectivity index (χ2n) is 25.5. The molecule has 0 spiro atoms. The minimum absolute atomic E-state index is 0. The van der Waals surface area contributed by atoms with Crippen LogP contribution in [0.1, 0.15) is 212 Å². The van der Waals surface area contributed by atoms with Crippen LogP contribution in [0.5, 0.6) is 0 Å². The first-order valence-electron chi connectivity index (χ1n) is 28.8. The van der Waals surface area contributed by atoms with Crippen molar-refractivity contribution < 1.29 is 65.4 Å². The predicted molar refractivity (Wildman–Crippen MR) is 319 cm³/mol. The first kappa shape index (κ1) is 73.9. The zero-order valence-corrected chi connectivity index (χ0v) is 60.2. The van der Waals surface area contributed by atoms with Crippen LogP contribution in [0.15, 0.2) is 0 Å². The summed E-state index contributed by atoms with van der Waals surface area (Å²) >= 11 is 0. The zero-order valence-electron chi connectivity index (χ0n) is 54.5. The van der Waals surface area contributed by atoms with Crippen LogP contribution in [0.25, 0.3) is 0 Å². The molecule has 3 aliphatic rings. The summed E-state index contributed by atoms with van der Waals surface area (Å²) in [5.74, 6) is 15.2. The van der Waals surface area contributed by atoms with Crippen molar-refractivity contribution in [1.82, 2.24) is 0 Å². The fraction of sp³-hybridized carbons (Fsp3) is 0.729. The van der Waals surface area contributed by atoms with Crippen LogP contribution < -0.4 is 0 Å². The quantitative estimate of drug-likeness (QED) is 0.197. The topological polar surface area (TPSA) is 0 Å². The van der Waals surface area contributed by atoms with Gasteiger partial charge in [-0.1, -0.05) is 164 Å². The number of rotatable bonds is 0. The standard InChI is InChI=1S/2C12H24.2C12H18.C11H21.C11H15.2Y/c4*1-7-8(2)10(4)12(6)11(5)9(7)3;2*1-7-6-8(2)10(4)11(5)9(7)3;;/h2*7-12H,1-6H3;2*1-6H3;6-11H,1-5H3;1-5H3;;/q;;;;2*-1;;. The van der Waals surface area contributed by atoms with Gasteiger partial charge in [0.25, 0.3) is 0 Å². The summed E-state index contributed by atoms with van der Waals surface area (Å²) < 4.78 is 0. The van der Waals surface area contributed by atoms with Crippen LogP contribution in [0.3, 0.4) is 0 Å². The van der Waals surface area contributed by atoms with Crippen LogP contribution >= 0.6 is 0 Å². The maximum Gasteiger partial charge on any atom is 0 e. The van der Waals surface area contributed by atoms with Crippen molar-refractivity contribution >= 4 is 0 Å². The van der Waals surface area contributed by atoms with E-state index in [-0.39, 0.29) is 65.4 Å². The minimum atomic E-state index is 0. The average Bonchev–Trinajstić information content (AvgIpc) is 3.34. The molecule has 2 heteroatoms. The minimum Gasteiger partial charge on any atom is -0.322 e. The average molecular weight is 1140 g/mol. The van der Waals surface area contributed by atoms with Gasteiger partial charge in [0, 0.05) is 65.4 Å². The molecule has 3 aromatic rings. The third-order valence-electron chi connectivity index (χ3n) is 23.3. The molecule has 0 heterocycles. The second-order valence-corrected chi connectivity index (χ2v) is 25.5. The normalized spacial score (nSPS) is 31.6. The van der Waals surface area contributed by atoms with Crippen molar-refractivity contribution in [1.29, 1.82) is 0 Å². The van der Waals surface area contributed by atoms with E-state index in [0.717, 1.165) is 101 Å². The van der Waals surface area contributed by atoms with Crippen LogP contribution in [-0.4, -0.2) is 0 Å². The van der Waals surface area contributed by atoms with Crippen LogP contribution in [0.4, 0.5) is 0 Å². The van der Waals surface area contributed by atoms with E-state index in [9.17, 15) is 0 Å². The Kier molecular flexibility index (Phi) is 32.9. The van der Waals surface area contributed by atoms with E-state index in [4.69, 9.17) is 0 Å². The van der Waals surface area contributed by atoms with Crippen molar-refractivity contribution in [2.75, 3.05) is 0 Å². The first-order valence-corrected chi connectivity index (χ1v) is 28.8. The van der Waals surface area contributed by atoms with Crippen LogP contribution in [0, 0.1) is 231 Å². The van der Waals surface area contributed by atoms with Gasteiger partial charge in [0.05, 0.1) is 0 Å². The molecule has 6 rings (SSSR count). The molecule has 3 aliphatic carbocycles. The molecule has 3 aromatic carbocycles. The smallest absolute Gasteiger partial charge is 0 e. The Hall–Kier alpha value is -0.132. The molecular formula is C70H120Y2-2. The van der Waals surface area contributed by atoms with E-state index < -0.39 is 0 Å². The summed E-state index contributed by atoms with van der Waals surface area (Å²) in [6.45, 7) is 78.3. The maximum absolute atomic E-state index is 3.35. The van der Waals surface area contributed by atoms with E-state index in [1.165, 1.54) is 94.6 Å². The summed E-state index contributed by atoms with van der Waals surface area (Å²) in [5, 5.41) is 0. The molecule has 0 bridgehead atoms. The van der Waals surface area contributed by atoms with E-state index in [1.54, 1.807) is 0 Å². The van der Waals surface area contributed by atoms with E-state index in [0.29, 0.717) is 0 Å². The molecule has 72 heavy (non-hydrogen) atoms. The van der Waals surface area contributed by atoms with Crippen molar-refractivity contribution in [3.63, 3.8) is 0 Å². The third kappa shape index (κ3) is 18.0. The molecule has 0 nitrogen and oxygen atoms in total. The Bertz CT molecular complexity index is 1650. The molecule has 0 amide bonds. The fourth-order valence-electron chi connectivity index (χ4n) is 12.7. The molecule has 3 saturated carbocycles. The van der Waals surface area contributed by atoms with Crippen molar-refractivity contribution in [3.8, 4) is 0 Å². The van der Waals surface area contributed by atoms with Crippen LogP contribution in [0.2, 0.25) is 0 Å². The van der Waals surface area contributed by atoms with Gasteiger partial charge in [0.2, 0.25) is 0 Å². The van der Waals surface area contributed by atoms with Gasteiger partial charge in [0.1, 0.15) is 0 Å².